The molecule has 6 heteroatoms. The van der Waals surface area contributed by atoms with Gasteiger partial charge >= 0.3 is 0 Å². The quantitative estimate of drug-likeness (QED) is 0.838. The van der Waals surface area contributed by atoms with Crippen LogP contribution in [0.15, 0.2) is 24.3 Å². The molecule has 0 saturated carbocycles. The highest BCUT2D eigenvalue weighted by Crippen LogP contribution is 2.26. The second-order valence-corrected chi connectivity index (χ2v) is 7.65. The molecular weight excluding hydrogens is 288 g/mol. The van der Waals surface area contributed by atoms with Gasteiger partial charge in [0, 0.05) is 25.2 Å². The normalized spacial score (nSPS) is 20.4. The molecule has 1 saturated heterocycles. The summed E-state index contributed by atoms with van der Waals surface area (Å²) in [7, 11) is -3.13. The zero-order valence-electron chi connectivity index (χ0n) is 12.6. The van der Waals surface area contributed by atoms with Crippen molar-refractivity contribution in [2.45, 2.75) is 38.8 Å². The lowest BCUT2D eigenvalue weighted by Gasteiger charge is -2.22. The minimum atomic E-state index is -3.13. The lowest BCUT2D eigenvalue weighted by atomic mass is 10.1. The number of nitrogens with one attached hydrogen (secondary N) is 1. The third kappa shape index (κ3) is 3.96. The maximum absolute atomic E-state index is 12.0. The summed E-state index contributed by atoms with van der Waals surface area (Å²) < 4.78 is 25.5. The number of nitrogens with zero attached hydrogens (tertiary/aromatic N) is 1. The summed E-state index contributed by atoms with van der Waals surface area (Å²) in [6.45, 7) is 4.80. The topological polar surface area (TPSA) is 69.6 Å². The Morgan fingerprint density at radius 1 is 1.38 bits per heavy atom. The van der Waals surface area contributed by atoms with Crippen molar-refractivity contribution in [3.05, 3.63) is 29.8 Å². The lowest BCUT2D eigenvalue weighted by molar-refractivity contribution is 0.264. The van der Waals surface area contributed by atoms with Crippen molar-refractivity contribution in [3.63, 3.8) is 0 Å². The summed E-state index contributed by atoms with van der Waals surface area (Å²) in [6.07, 6.45) is 1.39. The number of sulfonamides is 1. The van der Waals surface area contributed by atoms with Crippen LogP contribution in [0.5, 0.6) is 0 Å². The van der Waals surface area contributed by atoms with Crippen LogP contribution in [0.25, 0.3) is 0 Å². The molecule has 2 atom stereocenters. The number of anilines is 1. The van der Waals surface area contributed by atoms with Crippen molar-refractivity contribution < 1.29 is 13.5 Å². The van der Waals surface area contributed by atoms with Crippen LogP contribution < -0.4 is 9.62 Å². The zero-order valence-corrected chi connectivity index (χ0v) is 13.4. The van der Waals surface area contributed by atoms with Crippen LogP contribution in [0.3, 0.4) is 0 Å². The largest absolute Gasteiger partial charge is 0.396 e. The van der Waals surface area contributed by atoms with Gasteiger partial charge in [-0.1, -0.05) is 12.1 Å². The highest BCUT2D eigenvalue weighted by atomic mass is 32.2. The first-order valence-corrected chi connectivity index (χ1v) is 9.02. The second-order valence-electron chi connectivity index (χ2n) is 5.64. The summed E-state index contributed by atoms with van der Waals surface area (Å²) >= 11 is 0. The van der Waals surface area contributed by atoms with E-state index < -0.39 is 10.0 Å². The summed E-state index contributed by atoms with van der Waals surface area (Å²) in [5.74, 6) is 0.235. The van der Waals surface area contributed by atoms with Crippen LogP contribution in [-0.4, -0.2) is 38.5 Å². The van der Waals surface area contributed by atoms with Gasteiger partial charge in [-0.25, -0.2) is 8.42 Å². The van der Waals surface area contributed by atoms with E-state index in [4.69, 9.17) is 5.11 Å². The minimum Gasteiger partial charge on any atom is -0.396 e. The molecule has 21 heavy (non-hydrogen) atoms. The van der Waals surface area contributed by atoms with Crippen molar-refractivity contribution in [1.29, 1.82) is 0 Å². The Kier molecular flexibility index (Phi) is 5.24. The maximum atomic E-state index is 12.0. The number of hydrogen-bond donors (Lipinski definition) is 2. The summed E-state index contributed by atoms with van der Waals surface area (Å²) in [4.78, 5) is 0. The van der Waals surface area contributed by atoms with Crippen LogP contribution >= 0.6 is 0 Å². The molecule has 118 valence electrons. The molecule has 1 aromatic rings. The third-order valence-electron chi connectivity index (χ3n) is 3.85. The molecule has 2 rings (SSSR count). The zero-order chi connectivity index (χ0) is 15.5. The number of rotatable bonds is 6. The van der Waals surface area contributed by atoms with E-state index in [0.717, 1.165) is 11.3 Å². The van der Waals surface area contributed by atoms with Gasteiger partial charge in [0.05, 0.1) is 11.4 Å². The molecule has 5 nitrogen and oxygen atoms in total. The molecule has 1 aliphatic heterocycles. The molecule has 0 radical (unpaired) electrons. The maximum Gasteiger partial charge on any atom is 0.235 e. The fourth-order valence-corrected chi connectivity index (χ4v) is 4.24. The molecular formula is C15H24N2O3S. The van der Waals surface area contributed by atoms with Gasteiger partial charge in [0.1, 0.15) is 0 Å². The SMILES string of the molecule is CC(N[C@H](C)CCO)c1cccc(N2CCCS2(=O)=O)c1. The van der Waals surface area contributed by atoms with Crippen molar-refractivity contribution in [2.75, 3.05) is 23.2 Å². The van der Waals surface area contributed by atoms with E-state index in [2.05, 4.69) is 5.32 Å². The molecule has 0 aromatic heterocycles. The molecule has 1 aromatic carbocycles. The Bertz CT molecular complexity index is 574. The van der Waals surface area contributed by atoms with Gasteiger partial charge in [-0.2, -0.15) is 0 Å². The second kappa shape index (κ2) is 6.77. The smallest absolute Gasteiger partial charge is 0.235 e. The van der Waals surface area contributed by atoms with E-state index in [-0.39, 0.29) is 24.4 Å². The first kappa shape index (κ1) is 16.3. The monoisotopic (exact) mass is 312 g/mol. The van der Waals surface area contributed by atoms with Crippen LogP contribution in [0, 0.1) is 0 Å². The van der Waals surface area contributed by atoms with Crippen molar-refractivity contribution in [3.8, 4) is 0 Å². The van der Waals surface area contributed by atoms with Crippen LogP contribution in [0.1, 0.15) is 38.3 Å². The third-order valence-corrected chi connectivity index (χ3v) is 5.72. The molecule has 2 N–H and O–H groups in total. The Balaban J connectivity index is 2.14. The highest BCUT2D eigenvalue weighted by molar-refractivity contribution is 7.93. The standard InChI is InChI=1S/C15H24N2O3S/c1-12(7-9-18)16-13(2)14-5-3-6-15(11-14)17-8-4-10-21(17,19)20/h3,5-6,11-13,16,18H,4,7-10H2,1-2H3/t12-,13?/m1/s1. The average molecular weight is 312 g/mol. The molecule has 1 unspecified atom stereocenters. The van der Waals surface area contributed by atoms with Crippen molar-refractivity contribution in [2.24, 2.45) is 0 Å². The first-order valence-electron chi connectivity index (χ1n) is 7.41. The molecule has 1 aliphatic rings. The van der Waals surface area contributed by atoms with E-state index >= 15 is 0 Å². The van der Waals surface area contributed by atoms with Gasteiger partial charge in [0.25, 0.3) is 0 Å². The van der Waals surface area contributed by atoms with Gasteiger partial charge in [-0.3, -0.25) is 4.31 Å². The fourth-order valence-electron chi connectivity index (χ4n) is 2.68. The predicted octanol–water partition coefficient (Wildman–Crippen LogP) is 1.65. The Morgan fingerprint density at radius 2 is 2.14 bits per heavy atom. The van der Waals surface area contributed by atoms with Gasteiger partial charge in [0.15, 0.2) is 0 Å². The summed E-state index contributed by atoms with van der Waals surface area (Å²) in [5.41, 5.74) is 1.80. The molecule has 0 aliphatic carbocycles. The van der Waals surface area contributed by atoms with E-state index in [9.17, 15) is 8.42 Å². The van der Waals surface area contributed by atoms with E-state index in [1.807, 2.05) is 38.1 Å². The van der Waals surface area contributed by atoms with Crippen molar-refractivity contribution >= 4 is 15.7 Å². The number of benzene rings is 1. The molecule has 0 spiro atoms. The van der Waals surface area contributed by atoms with Gasteiger partial charge in [0.2, 0.25) is 10.0 Å². The van der Waals surface area contributed by atoms with Crippen LogP contribution in [0.4, 0.5) is 5.69 Å². The fraction of sp³-hybridized carbons (Fsp3) is 0.600. The first-order chi connectivity index (χ1) is 9.94. The van der Waals surface area contributed by atoms with Crippen LogP contribution in [-0.2, 0) is 10.0 Å². The minimum absolute atomic E-state index is 0.108. The molecule has 0 amide bonds. The van der Waals surface area contributed by atoms with E-state index in [1.54, 1.807) is 0 Å². The lowest BCUT2D eigenvalue weighted by Crippen LogP contribution is -2.30. The number of aliphatic hydroxyl groups excluding tert-OH is 1. The van der Waals surface area contributed by atoms with Crippen molar-refractivity contribution in [1.82, 2.24) is 5.32 Å². The van der Waals surface area contributed by atoms with Gasteiger partial charge < -0.3 is 10.4 Å². The van der Waals surface area contributed by atoms with Gasteiger partial charge in [-0.05, 0) is 44.4 Å². The average Bonchev–Trinajstić information content (AvgIpc) is 2.78. The van der Waals surface area contributed by atoms with E-state index in [1.165, 1.54) is 4.31 Å². The van der Waals surface area contributed by atoms with Gasteiger partial charge in [-0.15, -0.1) is 0 Å². The molecule has 0 bridgehead atoms. The summed E-state index contributed by atoms with van der Waals surface area (Å²) in [5, 5.41) is 12.4. The van der Waals surface area contributed by atoms with E-state index in [0.29, 0.717) is 19.4 Å². The number of hydrogen-bond acceptors (Lipinski definition) is 4. The molecule has 1 fully saturated rings. The molecule has 1 heterocycles. The Morgan fingerprint density at radius 3 is 2.76 bits per heavy atom. The van der Waals surface area contributed by atoms with Crippen LogP contribution in [0.2, 0.25) is 0 Å². The highest BCUT2D eigenvalue weighted by Gasteiger charge is 2.28. The summed E-state index contributed by atoms with van der Waals surface area (Å²) in [6, 6.07) is 7.99. The Labute approximate surface area is 127 Å². The number of aliphatic hydroxyl groups is 1. The Hall–Kier alpha value is -1.11. The predicted molar refractivity (Wildman–Crippen MR) is 84.9 cm³/mol.